The van der Waals surface area contributed by atoms with Crippen molar-refractivity contribution in [2.75, 3.05) is 46.5 Å². The van der Waals surface area contributed by atoms with E-state index in [1.807, 2.05) is 32.0 Å². The van der Waals surface area contributed by atoms with Gasteiger partial charge in [-0.3, -0.25) is 9.89 Å². The molecular formula is C21H31N5O2S. The molecule has 29 heavy (non-hydrogen) atoms. The number of hydrogen-bond donors (Lipinski definition) is 2. The van der Waals surface area contributed by atoms with E-state index in [-0.39, 0.29) is 0 Å². The second-order valence-electron chi connectivity index (χ2n) is 6.93. The van der Waals surface area contributed by atoms with Gasteiger partial charge in [0.15, 0.2) is 5.96 Å². The Hall–Kier alpha value is -2.16. The number of ether oxygens (including phenoxy) is 2. The molecule has 0 saturated carbocycles. The third kappa shape index (κ3) is 6.69. The van der Waals surface area contributed by atoms with Crippen LogP contribution in [0.2, 0.25) is 0 Å². The van der Waals surface area contributed by atoms with Crippen molar-refractivity contribution in [3.05, 3.63) is 45.4 Å². The number of aromatic nitrogens is 1. The Morgan fingerprint density at radius 1 is 1.21 bits per heavy atom. The smallest absolute Gasteiger partial charge is 0.191 e. The highest BCUT2D eigenvalue weighted by molar-refractivity contribution is 7.11. The van der Waals surface area contributed by atoms with Gasteiger partial charge in [-0.25, -0.2) is 4.98 Å². The third-order valence-electron chi connectivity index (χ3n) is 4.83. The van der Waals surface area contributed by atoms with Gasteiger partial charge in [0.1, 0.15) is 12.4 Å². The summed E-state index contributed by atoms with van der Waals surface area (Å²) >= 11 is 1.72. The van der Waals surface area contributed by atoms with Crippen LogP contribution in [0.1, 0.15) is 21.1 Å². The first-order chi connectivity index (χ1) is 14.2. The minimum atomic E-state index is 0.647. The van der Waals surface area contributed by atoms with Crippen molar-refractivity contribution in [2.45, 2.75) is 26.9 Å². The van der Waals surface area contributed by atoms with E-state index in [2.05, 4.69) is 31.6 Å². The molecule has 0 atom stereocenters. The van der Waals surface area contributed by atoms with Gasteiger partial charge in [-0.05, 0) is 19.9 Å². The zero-order valence-electron chi connectivity index (χ0n) is 17.5. The molecule has 1 fully saturated rings. The number of benzene rings is 1. The molecule has 3 rings (SSSR count). The van der Waals surface area contributed by atoms with E-state index in [0.29, 0.717) is 19.7 Å². The standard InChI is InChI=1S/C21H31N5O2S/c1-16-20(29-17(2)25-16)15-24-21(22-3)23-14-18-6-4-5-7-19(18)28-13-10-26-8-11-27-12-9-26/h4-7H,8-15H2,1-3H3,(H2,22,23,24). The maximum Gasteiger partial charge on any atom is 0.191 e. The van der Waals surface area contributed by atoms with Crippen LogP contribution in [0.25, 0.3) is 0 Å². The van der Waals surface area contributed by atoms with Crippen LogP contribution in [0.15, 0.2) is 29.3 Å². The Balaban J connectivity index is 1.48. The fraction of sp³-hybridized carbons (Fsp3) is 0.524. The summed E-state index contributed by atoms with van der Waals surface area (Å²) in [5.74, 6) is 1.68. The quantitative estimate of drug-likeness (QED) is 0.508. The highest BCUT2D eigenvalue weighted by Crippen LogP contribution is 2.18. The molecule has 1 aromatic heterocycles. The highest BCUT2D eigenvalue weighted by Gasteiger charge is 2.11. The number of morpholine rings is 1. The summed E-state index contributed by atoms with van der Waals surface area (Å²) in [6.07, 6.45) is 0. The van der Waals surface area contributed by atoms with Gasteiger partial charge in [-0.2, -0.15) is 0 Å². The lowest BCUT2D eigenvalue weighted by Gasteiger charge is -2.26. The van der Waals surface area contributed by atoms with Crippen LogP contribution in [0, 0.1) is 13.8 Å². The van der Waals surface area contributed by atoms with Gasteiger partial charge in [0.25, 0.3) is 0 Å². The molecule has 1 saturated heterocycles. The van der Waals surface area contributed by atoms with E-state index in [9.17, 15) is 0 Å². The second kappa shape index (κ2) is 11.1. The Kier molecular flexibility index (Phi) is 8.27. The van der Waals surface area contributed by atoms with Crippen molar-refractivity contribution in [3.63, 3.8) is 0 Å². The van der Waals surface area contributed by atoms with Crippen LogP contribution in [-0.2, 0) is 17.8 Å². The first-order valence-corrected chi connectivity index (χ1v) is 10.9. The largest absolute Gasteiger partial charge is 0.492 e. The van der Waals surface area contributed by atoms with Crippen LogP contribution < -0.4 is 15.4 Å². The number of hydrogen-bond acceptors (Lipinski definition) is 6. The van der Waals surface area contributed by atoms with Gasteiger partial charge in [0.2, 0.25) is 0 Å². The van der Waals surface area contributed by atoms with Crippen molar-refractivity contribution >= 4 is 17.3 Å². The maximum absolute atomic E-state index is 6.06. The van der Waals surface area contributed by atoms with Gasteiger partial charge in [-0.1, -0.05) is 18.2 Å². The summed E-state index contributed by atoms with van der Waals surface area (Å²) in [7, 11) is 1.78. The van der Waals surface area contributed by atoms with Crippen LogP contribution in [0.5, 0.6) is 5.75 Å². The molecule has 0 amide bonds. The van der Waals surface area contributed by atoms with Gasteiger partial charge in [0.05, 0.1) is 30.5 Å². The normalized spacial score (nSPS) is 15.3. The van der Waals surface area contributed by atoms with Crippen molar-refractivity contribution < 1.29 is 9.47 Å². The maximum atomic E-state index is 6.06. The zero-order chi connectivity index (χ0) is 20.5. The van der Waals surface area contributed by atoms with Crippen LogP contribution >= 0.6 is 11.3 Å². The van der Waals surface area contributed by atoms with Crippen molar-refractivity contribution in [2.24, 2.45) is 4.99 Å². The second-order valence-corrected chi connectivity index (χ2v) is 8.22. The molecule has 0 unspecified atom stereocenters. The van der Waals surface area contributed by atoms with E-state index in [0.717, 1.165) is 60.8 Å². The lowest BCUT2D eigenvalue weighted by atomic mass is 10.2. The minimum absolute atomic E-state index is 0.647. The van der Waals surface area contributed by atoms with E-state index < -0.39 is 0 Å². The molecule has 2 heterocycles. The number of para-hydroxylation sites is 1. The molecule has 2 aromatic rings. The molecule has 0 radical (unpaired) electrons. The summed E-state index contributed by atoms with van der Waals surface area (Å²) in [5.41, 5.74) is 2.19. The molecule has 0 bridgehead atoms. The molecule has 8 heteroatoms. The van der Waals surface area contributed by atoms with E-state index in [1.165, 1.54) is 4.88 Å². The van der Waals surface area contributed by atoms with Gasteiger partial charge in [-0.15, -0.1) is 11.3 Å². The lowest BCUT2D eigenvalue weighted by molar-refractivity contribution is 0.0322. The summed E-state index contributed by atoms with van der Waals surface area (Å²) in [4.78, 5) is 12.4. The average Bonchev–Trinajstić information content (AvgIpc) is 3.07. The Morgan fingerprint density at radius 3 is 2.69 bits per heavy atom. The fourth-order valence-corrected chi connectivity index (χ4v) is 4.08. The van der Waals surface area contributed by atoms with Crippen molar-refractivity contribution in [1.29, 1.82) is 0 Å². The van der Waals surface area contributed by atoms with Crippen LogP contribution in [-0.4, -0.2) is 62.3 Å². The predicted molar refractivity (Wildman–Crippen MR) is 118 cm³/mol. The molecule has 0 aliphatic carbocycles. The highest BCUT2D eigenvalue weighted by atomic mass is 32.1. The molecule has 7 nitrogen and oxygen atoms in total. The van der Waals surface area contributed by atoms with Crippen molar-refractivity contribution in [3.8, 4) is 5.75 Å². The molecule has 0 spiro atoms. The first kappa shape index (κ1) is 21.5. The minimum Gasteiger partial charge on any atom is -0.492 e. The molecule has 1 aliphatic rings. The molecule has 2 N–H and O–H groups in total. The predicted octanol–water partition coefficient (Wildman–Crippen LogP) is 2.34. The van der Waals surface area contributed by atoms with Crippen LogP contribution in [0.3, 0.4) is 0 Å². The van der Waals surface area contributed by atoms with E-state index in [4.69, 9.17) is 9.47 Å². The molecule has 1 aliphatic heterocycles. The SMILES string of the molecule is CN=C(NCc1ccccc1OCCN1CCOCC1)NCc1sc(C)nc1C. The molecule has 158 valence electrons. The van der Waals surface area contributed by atoms with Gasteiger partial charge < -0.3 is 20.1 Å². The average molecular weight is 418 g/mol. The number of nitrogens with one attached hydrogen (secondary N) is 2. The number of aryl methyl sites for hydroxylation is 2. The van der Waals surface area contributed by atoms with Gasteiger partial charge in [0, 0.05) is 43.7 Å². The topological polar surface area (TPSA) is 71.0 Å². The third-order valence-corrected chi connectivity index (χ3v) is 5.90. The van der Waals surface area contributed by atoms with Gasteiger partial charge >= 0.3 is 0 Å². The number of rotatable bonds is 8. The summed E-state index contributed by atoms with van der Waals surface area (Å²) in [6, 6.07) is 8.15. The summed E-state index contributed by atoms with van der Waals surface area (Å²) in [5, 5.41) is 7.83. The zero-order valence-corrected chi connectivity index (χ0v) is 18.3. The Labute approximate surface area is 177 Å². The number of thiazole rings is 1. The lowest BCUT2D eigenvalue weighted by Crippen LogP contribution is -2.38. The number of aliphatic imine (C=N–C) groups is 1. The summed E-state index contributed by atoms with van der Waals surface area (Å²) < 4.78 is 11.5. The Bertz CT molecular complexity index is 802. The van der Waals surface area contributed by atoms with E-state index >= 15 is 0 Å². The fourth-order valence-electron chi connectivity index (χ4n) is 3.20. The Morgan fingerprint density at radius 2 is 1.97 bits per heavy atom. The van der Waals surface area contributed by atoms with Crippen molar-refractivity contribution in [1.82, 2.24) is 20.5 Å². The van der Waals surface area contributed by atoms with E-state index in [1.54, 1.807) is 18.4 Å². The van der Waals surface area contributed by atoms with Crippen LogP contribution in [0.4, 0.5) is 0 Å². The molecule has 1 aromatic carbocycles. The molecular weight excluding hydrogens is 386 g/mol. The monoisotopic (exact) mass is 417 g/mol. The first-order valence-electron chi connectivity index (χ1n) is 10.0. The number of nitrogens with zero attached hydrogens (tertiary/aromatic N) is 3. The number of guanidine groups is 1. The summed E-state index contributed by atoms with van der Waals surface area (Å²) in [6.45, 7) is 10.6.